The topological polar surface area (TPSA) is 191 Å². The Labute approximate surface area is 361 Å². The van der Waals surface area contributed by atoms with Gasteiger partial charge in [-0.05, 0) is 98.1 Å². The molecule has 61 heavy (non-hydrogen) atoms. The summed E-state index contributed by atoms with van der Waals surface area (Å²) in [6.45, 7) is 9.30. The molecular formula is C44H59N7O8S2. The lowest BCUT2D eigenvalue weighted by Gasteiger charge is -2.30. The Kier molecular flexibility index (Phi) is 12.0. The van der Waals surface area contributed by atoms with E-state index in [1.165, 1.54) is 17.7 Å². The predicted octanol–water partition coefficient (Wildman–Crippen LogP) is 6.64. The fourth-order valence-electron chi connectivity index (χ4n) is 9.12. The average molecular weight is 878 g/mol. The normalized spacial score (nSPS) is 27.1. The van der Waals surface area contributed by atoms with Crippen molar-refractivity contribution in [2.45, 2.75) is 165 Å². The first-order valence-corrected chi connectivity index (χ1v) is 24.4. The van der Waals surface area contributed by atoms with Crippen molar-refractivity contribution in [2.75, 3.05) is 6.54 Å². The molecule has 0 spiro atoms. The van der Waals surface area contributed by atoms with Crippen LogP contribution >= 0.6 is 11.3 Å². The zero-order chi connectivity index (χ0) is 43.3. The van der Waals surface area contributed by atoms with Gasteiger partial charge in [-0.3, -0.25) is 23.7 Å². The standard InChI is InChI=1S/C44H59N7O8S2/c1-26(2)51-34-19-13-17-31(38-45-33(25-60-38)27-14-11-12-15-27)36(34)47-41(51)58-29-22-35-37(52)48-44(40(54)49-61(56,57)30-20-21-30)23-28(44)16-9-7-6-8-10-18-32(39(53)50(35)24-29)46-42(55)59-43(3,4)5/h9,13,16-17,19,25-30,32,35H,6-8,10-12,14-15,18,20-24H2,1-5H3,(H,46,55)(H,48,52)(H,49,54)/b16-9-/t28-,29-,32+,35+,44-/m1/s1. The van der Waals surface area contributed by atoms with Gasteiger partial charge in [-0.25, -0.2) is 18.2 Å². The summed E-state index contributed by atoms with van der Waals surface area (Å²) in [5.74, 6) is -1.82. The van der Waals surface area contributed by atoms with Gasteiger partial charge >= 0.3 is 6.09 Å². The van der Waals surface area contributed by atoms with Crippen LogP contribution in [-0.4, -0.2) is 92.8 Å². The maximum absolute atomic E-state index is 14.7. The van der Waals surface area contributed by atoms with E-state index in [1.807, 2.05) is 48.8 Å². The first-order chi connectivity index (χ1) is 29.0. The predicted molar refractivity (Wildman–Crippen MR) is 231 cm³/mol. The number of hydrogen-bond donors (Lipinski definition) is 3. The highest BCUT2D eigenvalue weighted by molar-refractivity contribution is 7.91. The zero-order valence-electron chi connectivity index (χ0n) is 35.8. The number of carbonyl (C=O) groups is 4. The molecule has 3 saturated carbocycles. The van der Waals surface area contributed by atoms with Crippen molar-refractivity contribution >= 4 is 56.2 Å². The Morgan fingerprint density at radius 2 is 1.77 bits per heavy atom. The third-order valence-electron chi connectivity index (χ3n) is 12.5. The second-order valence-electron chi connectivity index (χ2n) is 18.8. The zero-order valence-corrected chi connectivity index (χ0v) is 37.4. The number of nitrogens with zero attached hydrogens (tertiary/aromatic N) is 4. The number of alkyl carbamates (subject to hydrolysis) is 1. The summed E-state index contributed by atoms with van der Waals surface area (Å²) >= 11 is 1.61. The van der Waals surface area contributed by atoms with E-state index in [0.717, 1.165) is 53.0 Å². The average Bonchev–Trinajstić information content (AvgIpc) is 3.81. The molecule has 4 fully saturated rings. The van der Waals surface area contributed by atoms with Crippen molar-refractivity contribution in [3.63, 3.8) is 0 Å². The van der Waals surface area contributed by atoms with Crippen molar-refractivity contribution in [1.82, 2.24) is 34.8 Å². The second-order valence-corrected chi connectivity index (χ2v) is 21.6. The number of amides is 4. The summed E-state index contributed by atoms with van der Waals surface area (Å²) < 4.78 is 42.5. The maximum atomic E-state index is 14.7. The minimum absolute atomic E-state index is 0.00656. The number of benzene rings is 1. The molecule has 2 aliphatic heterocycles. The fourth-order valence-corrected chi connectivity index (χ4v) is 11.4. The van der Waals surface area contributed by atoms with Crippen molar-refractivity contribution < 1.29 is 37.1 Å². The van der Waals surface area contributed by atoms with Crippen LogP contribution in [0.5, 0.6) is 6.01 Å². The Hall–Kier alpha value is -4.51. The molecule has 330 valence electrons. The summed E-state index contributed by atoms with van der Waals surface area (Å²) in [5.41, 5.74) is 1.32. The van der Waals surface area contributed by atoms with Gasteiger partial charge in [0.05, 0.1) is 23.0 Å². The van der Waals surface area contributed by atoms with E-state index < -0.39 is 74.3 Å². The third kappa shape index (κ3) is 9.32. The van der Waals surface area contributed by atoms with Crippen molar-refractivity contribution in [3.05, 3.63) is 41.4 Å². The van der Waals surface area contributed by atoms with Gasteiger partial charge in [0.2, 0.25) is 21.8 Å². The molecule has 3 aliphatic carbocycles. The van der Waals surface area contributed by atoms with Crippen LogP contribution in [0.15, 0.2) is 35.7 Å². The van der Waals surface area contributed by atoms with E-state index in [1.54, 1.807) is 32.1 Å². The molecule has 15 nitrogen and oxygen atoms in total. The smallest absolute Gasteiger partial charge is 0.408 e. The minimum atomic E-state index is -3.90. The van der Waals surface area contributed by atoms with Gasteiger partial charge in [0.25, 0.3) is 11.9 Å². The lowest BCUT2D eigenvalue weighted by atomic mass is 10.0. The molecule has 0 radical (unpaired) electrons. The second kappa shape index (κ2) is 17.0. The Balaban J connectivity index is 1.11. The number of fused-ring (bicyclic) bond motifs is 3. The molecule has 1 saturated heterocycles. The van der Waals surface area contributed by atoms with Crippen LogP contribution in [-0.2, 0) is 29.1 Å². The number of ether oxygens (including phenoxy) is 2. The SMILES string of the molecule is CC(C)n1c(O[C@@H]2C[C@H]3C(=O)N[C@]4(C(=O)NS(=O)(=O)C5CC5)C[C@H]4/C=C\CCCCC[C@H](NC(=O)OC(C)(C)C)C(=O)N3C2)nc2c(-c3nc(C4CCCC4)cs3)cccc21. The highest BCUT2D eigenvalue weighted by Crippen LogP contribution is 2.46. The number of aromatic nitrogens is 3. The van der Waals surface area contributed by atoms with Crippen LogP contribution in [0.4, 0.5) is 4.79 Å². The number of imidazole rings is 1. The lowest BCUT2D eigenvalue weighted by Crippen LogP contribution is -2.58. The molecule has 5 aliphatic rings. The van der Waals surface area contributed by atoms with Crippen molar-refractivity contribution in [1.29, 1.82) is 0 Å². The fraction of sp³-hybridized carbons (Fsp3) is 0.636. The van der Waals surface area contributed by atoms with Crippen molar-refractivity contribution in [3.8, 4) is 16.6 Å². The van der Waals surface area contributed by atoms with E-state index in [9.17, 15) is 27.6 Å². The Morgan fingerprint density at radius 1 is 1.02 bits per heavy atom. The number of allylic oxidation sites excluding steroid dienone is 1. The molecule has 8 rings (SSSR count). The maximum Gasteiger partial charge on any atom is 0.408 e. The van der Waals surface area contributed by atoms with E-state index >= 15 is 0 Å². The third-order valence-corrected chi connectivity index (χ3v) is 15.2. The van der Waals surface area contributed by atoms with E-state index in [0.29, 0.717) is 44.0 Å². The summed E-state index contributed by atoms with van der Waals surface area (Å²) in [4.78, 5) is 67.9. The van der Waals surface area contributed by atoms with Crippen LogP contribution in [0, 0.1) is 5.92 Å². The molecule has 1 aromatic carbocycles. The summed E-state index contributed by atoms with van der Waals surface area (Å²) in [5, 5.41) is 8.13. The molecule has 3 N–H and O–H groups in total. The van der Waals surface area contributed by atoms with Crippen LogP contribution in [0.1, 0.15) is 136 Å². The van der Waals surface area contributed by atoms with E-state index in [2.05, 4.69) is 20.7 Å². The Morgan fingerprint density at radius 3 is 2.49 bits per heavy atom. The highest BCUT2D eigenvalue weighted by Gasteiger charge is 2.62. The van der Waals surface area contributed by atoms with E-state index in [4.69, 9.17) is 19.4 Å². The molecule has 17 heteroatoms. The van der Waals surface area contributed by atoms with Gasteiger partial charge < -0.3 is 25.0 Å². The molecule has 4 heterocycles. The number of nitrogens with one attached hydrogen (secondary N) is 3. The molecule has 2 aromatic heterocycles. The molecule has 3 aromatic rings. The monoisotopic (exact) mass is 877 g/mol. The minimum Gasteiger partial charge on any atom is -0.459 e. The first kappa shape index (κ1) is 43.2. The van der Waals surface area contributed by atoms with Crippen LogP contribution in [0.2, 0.25) is 0 Å². The number of hydrogen-bond acceptors (Lipinski definition) is 11. The van der Waals surface area contributed by atoms with Gasteiger partial charge in [0.15, 0.2) is 0 Å². The molecule has 0 bridgehead atoms. The molecule has 4 amide bonds. The summed E-state index contributed by atoms with van der Waals surface area (Å²) in [7, 11) is -3.90. The number of carbonyl (C=O) groups excluding carboxylic acids is 4. The molecular weight excluding hydrogens is 819 g/mol. The number of para-hydroxylation sites is 1. The largest absolute Gasteiger partial charge is 0.459 e. The van der Waals surface area contributed by atoms with Crippen LogP contribution in [0.25, 0.3) is 21.6 Å². The van der Waals surface area contributed by atoms with Gasteiger partial charge in [-0.1, -0.05) is 43.9 Å². The molecule has 5 atom stereocenters. The highest BCUT2D eigenvalue weighted by atomic mass is 32.2. The van der Waals surface area contributed by atoms with Crippen LogP contribution in [0.3, 0.4) is 0 Å². The van der Waals surface area contributed by atoms with Gasteiger partial charge in [-0.2, -0.15) is 4.98 Å². The van der Waals surface area contributed by atoms with Crippen LogP contribution < -0.4 is 20.1 Å². The lowest BCUT2D eigenvalue weighted by molar-refractivity contribution is -0.141. The summed E-state index contributed by atoms with van der Waals surface area (Å²) in [6.07, 6.45) is 11.6. The van der Waals surface area contributed by atoms with Gasteiger partial charge in [0.1, 0.15) is 39.9 Å². The number of thiazole rings is 1. The molecule has 0 unspecified atom stereocenters. The number of rotatable bonds is 9. The van der Waals surface area contributed by atoms with Gasteiger partial charge in [-0.15, -0.1) is 11.3 Å². The Bertz CT molecular complexity index is 2310. The number of sulfonamides is 1. The quantitative estimate of drug-likeness (QED) is 0.196. The van der Waals surface area contributed by atoms with E-state index in [-0.39, 0.29) is 25.4 Å². The van der Waals surface area contributed by atoms with Crippen molar-refractivity contribution in [2.24, 2.45) is 5.92 Å². The van der Waals surface area contributed by atoms with Gasteiger partial charge in [0, 0.05) is 35.2 Å². The summed E-state index contributed by atoms with van der Waals surface area (Å²) in [6, 6.07) is 4.17. The first-order valence-electron chi connectivity index (χ1n) is 22.0.